The van der Waals surface area contributed by atoms with E-state index in [1.807, 2.05) is 27.7 Å². The van der Waals surface area contributed by atoms with E-state index in [1.54, 1.807) is 0 Å². The van der Waals surface area contributed by atoms with E-state index >= 15 is 0 Å². The molecule has 19 heavy (non-hydrogen) atoms. The van der Waals surface area contributed by atoms with Crippen LogP contribution in [0.15, 0.2) is 0 Å². The molecule has 0 aliphatic heterocycles. The first-order chi connectivity index (χ1) is 9.16. The fraction of sp³-hybridized carbons (Fsp3) is 1.00. The Hall–Kier alpha value is -0.0231. The lowest BCUT2D eigenvalue weighted by Crippen LogP contribution is -2.49. The van der Waals surface area contributed by atoms with E-state index in [2.05, 4.69) is 0 Å². The van der Waals surface area contributed by atoms with Crippen LogP contribution in [-0.4, -0.2) is 58.9 Å². The van der Waals surface area contributed by atoms with Crippen molar-refractivity contribution in [1.82, 2.24) is 0 Å². The van der Waals surface area contributed by atoms with E-state index in [-0.39, 0.29) is 13.2 Å². The Kier molecular flexibility index (Phi) is 18.0. The Morgan fingerprint density at radius 3 is 1.05 bits per heavy atom. The van der Waals surface area contributed by atoms with Crippen molar-refractivity contribution in [3.8, 4) is 0 Å². The minimum atomic E-state index is -2.80. The van der Waals surface area contributed by atoms with Gasteiger partial charge in [0.05, 0.1) is 0 Å². The molecule has 0 spiro atoms. The summed E-state index contributed by atoms with van der Waals surface area (Å²) >= 11 is 0. The molecule has 0 saturated carbocycles. The summed E-state index contributed by atoms with van der Waals surface area (Å²) < 4.78 is 21.7. The van der Waals surface area contributed by atoms with Gasteiger partial charge in [-0.05, 0) is 40.5 Å². The largest absolute Gasteiger partial charge is 0.679 e. The van der Waals surface area contributed by atoms with Crippen molar-refractivity contribution in [3.05, 3.63) is 0 Å². The van der Waals surface area contributed by atoms with Crippen LogP contribution in [0.5, 0.6) is 0 Å². The molecule has 0 rings (SSSR count). The van der Waals surface area contributed by atoms with E-state index in [0.29, 0.717) is 26.4 Å². The van der Waals surface area contributed by atoms with Crippen molar-refractivity contribution >= 4 is 9.05 Å². The van der Waals surface area contributed by atoms with Crippen LogP contribution >= 0.6 is 0 Å². The van der Waals surface area contributed by atoms with Crippen LogP contribution in [0.25, 0.3) is 0 Å². The Morgan fingerprint density at radius 1 is 0.632 bits per heavy atom. The second-order valence-corrected chi connectivity index (χ2v) is 5.54. The van der Waals surface area contributed by atoms with E-state index in [4.69, 9.17) is 27.9 Å². The minimum Gasteiger partial charge on any atom is -0.396 e. The lowest BCUT2D eigenvalue weighted by molar-refractivity contribution is -0.0247. The van der Waals surface area contributed by atoms with Crippen molar-refractivity contribution < 1.29 is 27.9 Å². The maximum Gasteiger partial charge on any atom is 0.679 e. The molecule has 0 aromatic heterocycles. The number of hydrogen-bond donors (Lipinski definition) is 2. The van der Waals surface area contributed by atoms with Crippen molar-refractivity contribution in [3.63, 3.8) is 0 Å². The molecular formula is C12H30O6Si. The van der Waals surface area contributed by atoms with Crippen LogP contribution in [0.3, 0.4) is 0 Å². The molecule has 0 aliphatic carbocycles. The summed E-state index contributed by atoms with van der Waals surface area (Å²) in [5.41, 5.74) is 0. The highest BCUT2D eigenvalue weighted by Gasteiger charge is 2.44. The standard InChI is InChI=1S/C8H20O4Si.C4H10O2/c1-5-9-13(10-6-2,11-7-3)12-8-4;5-3-1-2-4-6/h5-8H2,1-4H3;5-6H,1-4H2. The monoisotopic (exact) mass is 298 g/mol. The summed E-state index contributed by atoms with van der Waals surface area (Å²) in [6.07, 6.45) is 1.44. The average molecular weight is 298 g/mol. The fourth-order valence-electron chi connectivity index (χ4n) is 1.18. The van der Waals surface area contributed by atoms with Crippen molar-refractivity contribution in [2.24, 2.45) is 0 Å². The molecule has 0 saturated heterocycles. The van der Waals surface area contributed by atoms with Crippen molar-refractivity contribution in [2.45, 2.75) is 40.5 Å². The second kappa shape index (κ2) is 16.0. The molecule has 0 radical (unpaired) electrons. The molecule has 0 aromatic carbocycles. The second-order valence-electron chi connectivity index (χ2n) is 3.39. The number of unbranched alkanes of at least 4 members (excludes halogenated alkanes) is 1. The third-order valence-electron chi connectivity index (χ3n) is 1.85. The van der Waals surface area contributed by atoms with Gasteiger partial charge in [-0.25, -0.2) is 0 Å². The van der Waals surface area contributed by atoms with Gasteiger partial charge in [-0.3, -0.25) is 0 Å². The molecule has 0 atom stereocenters. The quantitative estimate of drug-likeness (QED) is 0.442. The Labute approximate surface area is 118 Å². The van der Waals surface area contributed by atoms with Gasteiger partial charge in [0, 0.05) is 39.6 Å². The molecule has 0 unspecified atom stereocenters. The minimum absolute atomic E-state index is 0.195. The molecular weight excluding hydrogens is 268 g/mol. The predicted molar refractivity (Wildman–Crippen MR) is 75.7 cm³/mol. The maximum absolute atomic E-state index is 8.09. The van der Waals surface area contributed by atoms with Crippen LogP contribution in [0.1, 0.15) is 40.5 Å². The van der Waals surface area contributed by atoms with Crippen LogP contribution in [-0.2, 0) is 17.7 Å². The van der Waals surface area contributed by atoms with Gasteiger partial charge in [0.15, 0.2) is 0 Å². The Morgan fingerprint density at radius 2 is 0.895 bits per heavy atom. The lowest BCUT2D eigenvalue weighted by Gasteiger charge is -2.26. The van der Waals surface area contributed by atoms with Gasteiger partial charge < -0.3 is 27.9 Å². The van der Waals surface area contributed by atoms with Crippen molar-refractivity contribution in [1.29, 1.82) is 0 Å². The number of hydrogen-bond acceptors (Lipinski definition) is 6. The fourth-order valence-corrected chi connectivity index (χ4v) is 3.09. The first kappa shape index (κ1) is 21.3. The smallest absolute Gasteiger partial charge is 0.396 e. The van der Waals surface area contributed by atoms with Crippen LogP contribution in [0.2, 0.25) is 0 Å². The summed E-state index contributed by atoms with van der Waals surface area (Å²) in [4.78, 5) is 0. The summed E-state index contributed by atoms with van der Waals surface area (Å²) in [6, 6.07) is 0. The van der Waals surface area contributed by atoms with E-state index in [1.165, 1.54) is 0 Å². The maximum atomic E-state index is 8.09. The first-order valence-corrected chi connectivity index (χ1v) is 8.57. The van der Waals surface area contributed by atoms with Crippen LogP contribution in [0.4, 0.5) is 0 Å². The molecule has 6 nitrogen and oxygen atoms in total. The Bertz CT molecular complexity index is 137. The lowest BCUT2D eigenvalue weighted by atomic mass is 10.3. The highest BCUT2D eigenvalue weighted by molar-refractivity contribution is 6.53. The molecule has 2 N–H and O–H groups in total. The molecule has 0 fully saturated rings. The summed E-state index contributed by atoms with van der Waals surface area (Å²) in [5.74, 6) is 0. The van der Waals surface area contributed by atoms with Gasteiger partial charge in [-0.1, -0.05) is 0 Å². The SMILES string of the molecule is CCO[Si](OCC)(OCC)OCC.OCCCCO. The molecule has 0 amide bonds. The molecule has 118 valence electrons. The average Bonchev–Trinajstić information content (AvgIpc) is 2.38. The first-order valence-electron chi connectivity index (χ1n) is 6.93. The van der Waals surface area contributed by atoms with Gasteiger partial charge in [0.2, 0.25) is 0 Å². The van der Waals surface area contributed by atoms with Crippen molar-refractivity contribution in [2.75, 3.05) is 39.6 Å². The molecule has 0 aromatic rings. The highest BCUT2D eigenvalue weighted by atomic mass is 28.4. The third kappa shape index (κ3) is 12.7. The zero-order valence-corrected chi connectivity index (χ0v) is 13.7. The van der Waals surface area contributed by atoms with Gasteiger partial charge in [-0.15, -0.1) is 0 Å². The van der Waals surface area contributed by atoms with Gasteiger partial charge in [0.25, 0.3) is 0 Å². The van der Waals surface area contributed by atoms with E-state index in [0.717, 1.165) is 12.8 Å². The summed E-state index contributed by atoms with van der Waals surface area (Å²) in [5, 5.41) is 16.2. The zero-order valence-electron chi connectivity index (χ0n) is 12.7. The normalized spacial score (nSPS) is 11.1. The van der Waals surface area contributed by atoms with Crippen LogP contribution in [0, 0.1) is 0 Å². The van der Waals surface area contributed by atoms with Gasteiger partial charge >= 0.3 is 9.05 Å². The van der Waals surface area contributed by atoms with Crippen LogP contribution < -0.4 is 0 Å². The number of aliphatic hydroxyl groups excluding tert-OH is 2. The van der Waals surface area contributed by atoms with Gasteiger partial charge in [-0.2, -0.15) is 0 Å². The highest BCUT2D eigenvalue weighted by Crippen LogP contribution is 2.11. The number of rotatable bonds is 11. The molecule has 0 aliphatic rings. The third-order valence-corrected chi connectivity index (χ3v) is 4.42. The molecule has 7 heteroatoms. The van der Waals surface area contributed by atoms with E-state index in [9.17, 15) is 0 Å². The van der Waals surface area contributed by atoms with E-state index < -0.39 is 9.05 Å². The summed E-state index contributed by atoms with van der Waals surface area (Å²) in [7, 11) is -2.80. The molecule has 0 bridgehead atoms. The zero-order chi connectivity index (χ0) is 15.0. The summed E-state index contributed by atoms with van der Waals surface area (Å²) in [6.45, 7) is 10.2. The number of aliphatic hydroxyl groups is 2. The topological polar surface area (TPSA) is 77.4 Å². The predicted octanol–water partition coefficient (Wildman–Crippen LogP) is 1.32. The van der Waals surface area contributed by atoms with Gasteiger partial charge in [0.1, 0.15) is 0 Å². The molecule has 0 heterocycles. The Balaban J connectivity index is 0.